The minimum atomic E-state index is -1.55. The topological polar surface area (TPSA) is 388 Å². The first-order valence-corrected chi connectivity index (χ1v) is 23.2. The minimum Gasteiger partial charge on any atom is -0.480 e. The van der Waals surface area contributed by atoms with Crippen LogP contribution in [-0.4, -0.2) is 137 Å². The monoisotopic (exact) mass is 918 g/mol. The number of guanidine groups is 1. The normalized spacial score (nSPS) is 14.5. The summed E-state index contributed by atoms with van der Waals surface area (Å²) in [5.74, 6) is -6.96. The molecule has 0 aromatic carbocycles. The Hall–Kier alpha value is -4.84. The van der Waals surface area contributed by atoms with Crippen LogP contribution in [0.15, 0.2) is 4.99 Å². The summed E-state index contributed by atoms with van der Waals surface area (Å²) in [5, 5.41) is 25.2. The van der Waals surface area contributed by atoms with Gasteiger partial charge in [-0.25, -0.2) is 4.79 Å². The molecule has 7 unspecified atom stereocenters. The lowest BCUT2D eigenvalue weighted by Gasteiger charge is -2.28. The molecule has 0 aromatic rings. The summed E-state index contributed by atoms with van der Waals surface area (Å²) in [6.07, 6.45) is 3.49. The molecule has 0 aliphatic rings. The highest BCUT2D eigenvalue weighted by Gasteiger charge is 2.34. The molecule has 0 spiro atoms. The molecule has 0 fully saturated rings. The highest BCUT2D eigenvalue weighted by atomic mass is 32.2. The summed E-state index contributed by atoms with van der Waals surface area (Å²) < 4.78 is 0. The van der Waals surface area contributed by atoms with Crippen molar-refractivity contribution in [1.29, 1.82) is 0 Å². The van der Waals surface area contributed by atoms with Crippen LogP contribution in [0.2, 0.25) is 0 Å². The van der Waals surface area contributed by atoms with Crippen molar-refractivity contribution in [2.75, 3.05) is 30.6 Å². The third kappa shape index (κ3) is 25.2. The van der Waals surface area contributed by atoms with Gasteiger partial charge in [-0.15, -0.1) is 0 Å². The highest BCUT2D eigenvalue weighted by Crippen LogP contribution is 2.12. The van der Waals surface area contributed by atoms with Crippen molar-refractivity contribution in [3.63, 3.8) is 0 Å². The van der Waals surface area contributed by atoms with Crippen LogP contribution in [0.1, 0.15) is 91.9 Å². The van der Waals surface area contributed by atoms with Crippen molar-refractivity contribution in [2.45, 2.75) is 134 Å². The third-order valence-corrected chi connectivity index (χ3v) is 10.4. The van der Waals surface area contributed by atoms with Gasteiger partial charge in [-0.05, 0) is 87.2 Å². The van der Waals surface area contributed by atoms with Gasteiger partial charge in [0.2, 0.25) is 47.3 Å². The number of carbonyl (C=O) groups is 9. The van der Waals surface area contributed by atoms with Crippen LogP contribution in [0.25, 0.3) is 0 Å². The van der Waals surface area contributed by atoms with Crippen molar-refractivity contribution in [2.24, 2.45) is 45.5 Å². The third-order valence-electron chi connectivity index (χ3n) is 9.08. The average molecular weight is 919 g/mol. The zero-order chi connectivity index (χ0) is 47.5. The number of primary amides is 2. The molecule has 8 amide bonds. The van der Waals surface area contributed by atoms with Gasteiger partial charge in [0.25, 0.3) is 0 Å². The first-order valence-electron chi connectivity index (χ1n) is 20.4. The first kappa shape index (κ1) is 57.2. The van der Waals surface area contributed by atoms with E-state index in [1.807, 2.05) is 20.1 Å². The first-order chi connectivity index (χ1) is 29.0. The molecule has 0 saturated heterocycles. The standard InChI is InChI=1S/C38H70N12O10S2/c1-20(2)18-27(49-31(53)22(39)8-7-15-44-38(42)43)35(57)47-24(13-16-61-5)33(55)46-25(14-17-62-6)34(56)50-28(19-21(3)4)36(58)45-23(9-11-29(40)51)32(54)48-26(37(59)60)10-12-30(41)52/h20-28H,7-19,39H2,1-6H3,(H2,40,51)(H2,41,52)(H,45,58)(H,46,55)(H,47,57)(H,48,54)(H,49,53)(H,50,56)(H,59,60)(H4,42,43,44). The fraction of sp³-hybridized carbons (Fsp3) is 0.737. The predicted molar refractivity (Wildman–Crippen MR) is 239 cm³/mol. The van der Waals surface area contributed by atoms with Crippen LogP contribution in [0.4, 0.5) is 0 Å². The fourth-order valence-corrected chi connectivity index (χ4v) is 6.75. The molecule has 7 atom stereocenters. The maximum Gasteiger partial charge on any atom is 0.326 e. The summed E-state index contributed by atoms with van der Waals surface area (Å²) in [6, 6.07) is -8.60. The van der Waals surface area contributed by atoms with E-state index in [-0.39, 0.29) is 82.1 Å². The Morgan fingerprint density at radius 2 is 0.855 bits per heavy atom. The van der Waals surface area contributed by atoms with Crippen LogP contribution >= 0.6 is 23.5 Å². The quantitative estimate of drug-likeness (QED) is 0.0184. The van der Waals surface area contributed by atoms with Crippen LogP contribution in [0.5, 0.6) is 0 Å². The molecule has 24 heteroatoms. The van der Waals surface area contributed by atoms with Gasteiger partial charge in [-0.1, -0.05) is 27.7 Å². The smallest absolute Gasteiger partial charge is 0.326 e. The maximum absolute atomic E-state index is 13.9. The lowest BCUT2D eigenvalue weighted by Crippen LogP contribution is -2.60. The number of carboxylic acids is 1. The van der Waals surface area contributed by atoms with E-state index in [2.05, 4.69) is 36.9 Å². The molecule has 0 radical (unpaired) electrons. The van der Waals surface area contributed by atoms with Crippen LogP contribution in [-0.2, 0) is 43.2 Å². The van der Waals surface area contributed by atoms with E-state index in [1.165, 1.54) is 23.5 Å². The minimum absolute atomic E-state index is 0.0408. The van der Waals surface area contributed by atoms with Gasteiger partial charge >= 0.3 is 5.97 Å². The Balaban J connectivity index is 6.33. The molecule has 0 saturated carbocycles. The van der Waals surface area contributed by atoms with Crippen molar-refractivity contribution in [1.82, 2.24) is 31.9 Å². The van der Waals surface area contributed by atoms with E-state index < -0.39 is 95.5 Å². The average Bonchev–Trinajstić information content (AvgIpc) is 3.17. The number of carbonyl (C=O) groups excluding carboxylic acids is 8. The largest absolute Gasteiger partial charge is 0.480 e. The Kier molecular flexibility index (Phi) is 28.6. The molecule has 22 nitrogen and oxygen atoms in total. The molecule has 0 heterocycles. The molecule has 17 N–H and O–H groups in total. The predicted octanol–water partition coefficient (Wildman–Crippen LogP) is -2.51. The number of hydrogen-bond donors (Lipinski definition) is 12. The number of hydrogen-bond acceptors (Lipinski definition) is 13. The van der Waals surface area contributed by atoms with Crippen molar-refractivity contribution < 1.29 is 48.3 Å². The Morgan fingerprint density at radius 1 is 0.516 bits per heavy atom. The fourth-order valence-electron chi connectivity index (χ4n) is 5.81. The van der Waals surface area contributed by atoms with Crippen molar-refractivity contribution >= 4 is 82.7 Å². The summed E-state index contributed by atoms with van der Waals surface area (Å²) in [4.78, 5) is 120. The number of nitrogens with one attached hydrogen (secondary N) is 6. The number of rotatable bonds is 33. The van der Waals surface area contributed by atoms with Gasteiger partial charge in [-0.2, -0.15) is 23.5 Å². The number of nitrogens with two attached hydrogens (primary N) is 5. The van der Waals surface area contributed by atoms with E-state index in [0.29, 0.717) is 17.9 Å². The zero-order valence-electron chi connectivity index (χ0n) is 36.7. The van der Waals surface area contributed by atoms with Gasteiger partial charge in [0, 0.05) is 19.4 Å². The van der Waals surface area contributed by atoms with Gasteiger partial charge in [0.05, 0.1) is 6.04 Å². The van der Waals surface area contributed by atoms with E-state index in [0.717, 1.165) is 0 Å². The Morgan fingerprint density at radius 3 is 1.21 bits per heavy atom. The molecule has 62 heavy (non-hydrogen) atoms. The molecule has 354 valence electrons. The molecule has 0 aromatic heterocycles. The Labute approximate surface area is 372 Å². The van der Waals surface area contributed by atoms with E-state index in [1.54, 1.807) is 20.1 Å². The van der Waals surface area contributed by atoms with Crippen LogP contribution < -0.4 is 60.6 Å². The van der Waals surface area contributed by atoms with Crippen molar-refractivity contribution in [3.05, 3.63) is 0 Å². The molecule has 0 rings (SSSR count). The number of nitrogens with zero attached hydrogens (tertiary/aromatic N) is 1. The molecular weight excluding hydrogens is 849 g/mol. The molecular formula is C38H70N12O10S2. The van der Waals surface area contributed by atoms with Crippen molar-refractivity contribution in [3.8, 4) is 0 Å². The van der Waals surface area contributed by atoms with Gasteiger partial charge in [0.1, 0.15) is 36.3 Å². The summed E-state index contributed by atoms with van der Waals surface area (Å²) in [6.45, 7) is 7.55. The van der Waals surface area contributed by atoms with Crippen LogP contribution in [0.3, 0.4) is 0 Å². The highest BCUT2D eigenvalue weighted by molar-refractivity contribution is 7.98. The lowest BCUT2D eigenvalue weighted by atomic mass is 10.0. The summed E-state index contributed by atoms with van der Waals surface area (Å²) >= 11 is 2.82. The second kappa shape index (κ2) is 31.1. The number of amides is 8. The SMILES string of the molecule is CSCCC(NC(=O)C(CC(C)C)NC(=O)C(N)CCCN=C(N)N)C(=O)NC(CCSC)C(=O)NC(CC(C)C)C(=O)NC(CCC(N)=O)C(=O)NC(CCC(N)=O)C(=O)O. The van der Waals surface area contributed by atoms with Gasteiger partial charge in [-0.3, -0.25) is 43.3 Å². The summed E-state index contributed by atoms with van der Waals surface area (Å²) in [7, 11) is 0. The number of aliphatic imine (C=N–C) groups is 1. The number of thioether (sulfide) groups is 2. The van der Waals surface area contributed by atoms with E-state index in [4.69, 9.17) is 28.7 Å². The zero-order valence-corrected chi connectivity index (χ0v) is 38.3. The molecule has 0 aliphatic heterocycles. The summed E-state index contributed by atoms with van der Waals surface area (Å²) in [5.41, 5.74) is 27.2. The lowest BCUT2D eigenvalue weighted by molar-refractivity contribution is -0.143. The van der Waals surface area contributed by atoms with Crippen LogP contribution in [0, 0.1) is 11.8 Å². The number of aliphatic carboxylic acids is 1. The Bertz CT molecular complexity index is 1530. The number of carboxylic acid groups (broad SMARTS) is 1. The molecule has 0 bridgehead atoms. The second-order valence-corrected chi connectivity index (χ2v) is 17.6. The van der Waals surface area contributed by atoms with E-state index >= 15 is 0 Å². The van der Waals surface area contributed by atoms with Gasteiger partial charge < -0.3 is 65.7 Å². The maximum atomic E-state index is 13.9. The second-order valence-electron chi connectivity index (χ2n) is 15.6. The van der Waals surface area contributed by atoms with E-state index in [9.17, 15) is 48.3 Å². The van der Waals surface area contributed by atoms with Gasteiger partial charge in [0.15, 0.2) is 5.96 Å². The molecule has 0 aliphatic carbocycles.